The predicted molar refractivity (Wildman–Crippen MR) is 68.2 cm³/mol. The third kappa shape index (κ3) is 2.44. The molecule has 0 saturated heterocycles. The second kappa shape index (κ2) is 4.86. The van der Waals surface area contributed by atoms with Crippen LogP contribution in [0.3, 0.4) is 0 Å². The first kappa shape index (κ1) is 10.8. The van der Waals surface area contributed by atoms with Gasteiger partial charge in [-0.05, 0) is 12.1 Å². The average molecular weight is 231 g/mol. The Kier molecular flexibility index (Phi) is 3.27. The molecule has 0 aliphatic carbocycles. The lowest BCUT2D eigenvalue weighted by molar-refractivity contribution is 0.632. The lowest BCUT2D eigenvalue weighted by Crippen LogP contribution is -2.11. The number of rotatable bonds is 2. The molecule has 1 nitrogen and oxygen atoms in total. The monoisotopic (exact) mass is 231 g/mol. The van der Waals surface area contributed by atoms with Crippen molar-refractivity contribution in [1.29, 1.82) is 0 Å². The first-order chi connectivity index (χ1) is 7.77. The van der Waals surface area contributed by atoms with Gasteiger partial charge in [0.1, 0.15) is 10.8 Å². The molecule has 0 saturated carbocycles. The lowest BCUT2D eigenvalue weighted by atomic mass is 10.2. The van der Waals surface area contributed by atoms with Gasteiger partial charge in [-0.3, -0.25) is 0 Å². The average Bonchev–Trinajstić information content (AvgIpc) is 2.33. The van der Waals surface area contributed by atoms with Gasteiger partial charge in [-0.15, -0.1) is 0 Å². The highest BCUT2D eigenvalue weighted by molar-refractivity contribution is 7.81. The van der Waals surface area contributed by atoms with Gasteiger partial charge in [0.2, 0.25) is 0 Å². The maximum atomic E-state index is 13.3. The van der Waals surface area contributed by atoms with E-state index in [1.54, 1.807) is 18.2 Å². The van der Waals surface area contributed by atoms with Crippen LogP contribution < -0.4 is 5.32 Å². The maximum absolute atomic E-state index is 13.3. The number of thiocarbonyl (C=S) groups is 1. The summed E-state index contributed by atoms with van der Waals surface area (Å²) in [6.45, 7) is 0. The summed E-state index contributed by atoms with van der Waals surface area (Å²) in [5, 5.41) is 2.88. The van der Waals surface area contributed by atoms with Gasteiger partial charge >= 0.3 is 0 Å². The van der Waals surface area contributed by atoms with Gasteiger partial charge in [-0.25, -0.2) is 4.39 Å². The Morgan fingerprint density at radius 3 is 2.25 bits per heavy atom. The second-order valence-electron chi connectivity index (χ2n) is 3.30. The molecule has 80 valence electrons. The van der Waals surface area contributed by atoms with E-state index < -0.39 is 0 Å². The van der Waals surface area contributed by atoms with Crippen molar-refractivity contribution in [2.24, 2.45) is 0 Å². The zero-order valence-electron chi connectivity index (χ0n) is 8.48. The van der Waals surface area contributed by atoms with E-state index in [-0.39, 0.29) is 5.82 Å². The molecule has 0 radical (unpaired) electrons. The fraction of sp³-hybridized carbons (Fsp3) is 0. The number of hydrogen-bond donors (Lipinski definition) is 1. The van der Waals surface area contributed by atoms with Crippen LogP contribution in [0, 0.1) is 5.82 Å². The Bertz CT molecular complexity index is 496. The van der Waals surface area contributed by atoms with Crippen LogP contribution in [0.25, 0.3) is 0 Å². The molecule has 1 N–H and O–H groups in total. The van der Waals surface area contributed by atoms with Gasteiger partial charge in [0.05, 0.1) is 5.69 Å². The first-order valence-corrected chi connectivity index (χ1v) is 5.29. The van der Waals surface area contributed by atoms with E-state index in [2.05, 4.69) is 5.32 Å². The number of hydrogen-bond acceptors (Lipinski definition) is 1. The highest BCUT2D eigenvalue weighted by Crippen LogP contribution is 2.14. The van der Waals surface area contributed by atoms with E-state index in [0.29, 0.717) is 10.7 Å². The molecule has 0 aliphatic heterocycles. The van der Waals surface area contributed by atoms with Crippen molar-refractivity contribution in [2.45, 2.75) is 0 Å². The smallest absolute Gasteiger partial charge is 0.146 e. The summed E-state index contributed by atoms with van der Waals surface area (Å²) in [6, 6.07) is 15.9. The zero-order valence-corrected chi connectivity index (χ0v) is 9.30. The molecule has 0 amide bonds. The summed E-state index contributed by atoms with van der Waals surface area (Å²) < 4.78 is 13.3. The van der Waals surface area contributed by atoms with Crippen LogP contribution in [-0.4, -0.2) is 4.99 Å². The van der Waals surface area contributed by atoms with Gasteiger partial charge in [0.25, 0.3) is 0 Å². The highest BCUT2D eigenvalue weighted by atomic mass is 32.1. The zero-order chi connectivity index (χ0) is 11.4. The van der Waals surface area contributed by atoms with Crippen LogP contribution in [0.4, 0.5) is 10.1 Å². The Hall–Kier alpha value is -1.74. The molecule has 0 aromatic heterocycles. The third-order valence-electron chi connectivity index (χ3n) is 2.16. The summed E-state index contributed by atoms with van der Waals surface area (Å²) in [6.07, 6.45) is 0. The molecule has 0 atom stereocenters. The summed E-state index contributed by atoms with van der Waals surface area (Å²) in [7, 11) is 0. The molecule has 3 heteroatoms. The number of halogens is 1. The van der Waals surface area contributed by atoms with Crippen LogP contribution in [0.2, 0.25) is 0 Å². The van der Waals surface area contributed by atoms with Crippen molar-refractivity contribution in [3.63, 3.8) is 0 Å². The molecule has 0 spiro atoms. The molecule has 0 bridgehead atoms. The molecule has 0 aliphatic rings. The number of nitrogens with one attached hydrogen (secondary N) is 1. The van der Waals surface area contributed by atoms with Crippen molar-refractivity contribution in [1.82, 2.24) is 0 Å². The van der Waals surface area contributed by atoms with Crippen LogP contribution in [0.5, 0.6) is 0 Å². The van der Waals surface area contributed by atoms with Gasteiger partial charge in [0.15, 0.2) is 0 Å². The molecule has 2 aromatic carbocycles. The van der Waals surface area contributed by atoms with Crippen LogP contribution in [0.15, 0.2) is 54.6 Å². The summed E-state index contributed by atoms with van der Waals surface area (Å²) in [5.74, 6) is -0.305. The SMILES string of the molecule is Fc1ccccc1NC(=S)c1ccccc1. The van der Waals surface area contributed by atoms with Gasteiger partial charge < -0.3 is 5.32 Å². The number of para-hydroxylation sites is 1. The lowest BCUT2D eigenvalue weighted by Gasteiger charge is -2.08. The standard InChI is InChI=1S/C13H10FNS/c14-11-8-4-5-9-12(11)15-13(16)10-6-2-1-3-7-10/h1-9H,(H,15,16). The minimum atomic E-state index is -0.305. The van der Waals surface area contributed by atoms with E-state index in [0.717, 1.165) is 5.56 Å². The second-order valence-corrected chi connectivity index (χ2v) is 3.71. The molecule has 2 rings (SSSR count). The normalized spacial score (nSPS) is 9.81. The summed E-state index contributed by atoms with van der Waals surface area (Å²) >= 11 is 5.18. The minimum absolute atomic E-state index is 0.305. The van der Waals surface area contributed by atoms with E-state index in [9.17, 15) is 4.39 Å². The molecule has 16 heavy (non-hydrogen) atoms. The predicted octanol–water partition coefficient (Wildman–Crippen LogP) is 3.61. The highest BCUT2D eigenvalue weighted by Gasteiger charge is 2.04. The third-order valence-corrected chi connectivity index (χ3v) is 2.50. The first-order valence-electron chi connectivity index (χ1n) is 4.88. The van der Waals surface area contributed by atoms with Crippen LogP contribution >= 0.6 is 12.2 Å². The van der Waals surface area contributed by atoms with Gasteiger partial charge in [-0.1, -0.05) is 54.7 Å². The van der Waals surface area contributed by atoms with E-state index in [1.165, 1.54) is 6.07 Å². The summed E-state index contributed by atoms with van der Waals surface area (Å²) in [4.78, 5) is 0.519. The Balaban J connectivity index is 2.18. The fourth-order valence-corrected chi connectivity index (χ4v) is 1.59. The Labute approximate surface area is 98.9 Å². The molecule has 0 heterocycles. The maximum Gasteiger partial charge on any atom is 0.146 e. The molecule has 2 aromatic rings. The topological polar surface area (TPSA) is 12.0 Å². The van der Waals surface area contributed by atoms with E-state index in [4.69, 9.17) is 12.2 Å². The largest absolute Gasteiger partial charge is 0.344 e. The number of anilines is 1. The van der Waals surface area contributed by atoms with E-state index >= 15 is 0 Å². The molecular weight excluding hydrogens is 221 g/mol. The van der Waals surface area contributed by atoms with Gasteiger partial charge in [0, 0.05) is 5.56 Å². The van der Waals surface area contributed by atoms with Crippen molar-refractivity contribution < 1.29 is 4.39 Å². The van der Waals surface area contributed by atoms with Crippen LogP contribution in [-0.2, 0) is 0 Å². The van der Waals surface area contributed by atoms with Crippen molar-refractivity contribution in [3.8, 4) is 0 Å². The van der Waals surface area contributed by atoms with Crippen molar-refractivity contribution in [2.75, 3.05) is 5.32 Å². The molecular formula is C13H10FNS. The fourth-order valence-electron chi connectivity index (χ4n) is 1.35. The van der Waals surface area contributed by atoms with Crippen molar-refractivity contribution >= 4 is 22.9 Å². The molecule has 0 fully saturated rings. The quantitative estimate of drug-likeness (QED) is 0.792. The minimum Gasteiger partial charge on any atom is -0.344 e. The molecule has 0 unspecified atom stereocenters. The Morgan fingerprint density at radius 2 is 1.56 bits per heavy atom. The Morgan fingerprint density at radius 1 is 0.938 bits per heavy atom. The van der Waals surface area contributed by atoms with E-state index in [1.807, 2.05) is 30.3 Å². The van der Waals surface area contributed by atoms with Crippen molar-refractivity contribution in [3.05, 3.63) is 66.0 Å². The van der Waals surface area contributed by atoms with Gasteiger partial charge in [-0.2, -0.15) is 0 Å². The number of benzene rings is 2. The summed E-state index contributed by atoms with van der Waals surface area (Å²) in [5.41, 5.74) is 1.28. The van der Waals surface area contributed by atoms with Crippen LogP contribution in [0.1, 0.15) is 5.56 Å².